The molecule has 0 unspecified atom stereocenters. The van der Waals surface area contributed by atoms with E-state index in [4.69, 9.17) is 21.1 Å². The van der Waals surface area contributed by atoms with Gasteiger partial charge in [0.15, 0.2) is 18.1 Å². The summed E-state index contributed by atoms with van der Waals surface area (Å²) in [6.45, 7) is 4.10. The van der Waals surface area contributed by atoms with Crippen LogP contribution in [0.4, 0.5) is 0 Å². The Morgan fingerprint density at radius 1 is 1.23 bits per heavy atom. The number of nitrogens with one attached hydrogen (secondary N) is 1. The van der Waals surface area contributed by atoms with Crippen molar-refractivity contribution in [1.29, 1.82) is 0 Å². The van der Waals surface area contributed by atoms with Crippen LogP contribution in [0.2, 0.25) is 5.02 Å². The lowest BCUT2D eigenvalue weighted by atomic mass is 10.2. The average molecular weight is 377 g/mol. The minimum absolute atomic E-state index is 0.128. The SMILES string of the molecule is CCOc1cc(/C=N/NC(=O)COc2ccc(CC)cc2)cc(Cl)c1O. The van der Waals surface area contributed by atoms with E-state index in [2.05, 4.69) is 17.5 Å². The number of carbonyl (C=O) groups is 1. The van der Waals surface area contributed by atoms with Crippen molar-refractivity contribution in [3.8, 4) is 17.2 Å². The normalized spacial score (nSPS) is 10.7. The number of nitrogens with zero attached hydrogens (tertiary/aromatic N) is 1. The molecule has 7 heteroatoms. The fourth-order valence-corrected chi connectivity index (χ4v) is 2.33. The summed E-state index contributed by atoms with van der Waals surface area (Å²) in [7, 11) is 0. The minimum atomic E-state index is -0.393. The number of carbonyl (C=O) groups excluding carboxylic acids is 1. The summed E-state index contributed by atoms with van der Waals surface area (Å²) in [5.41, 5.74) is 4.14. The van der Waals surface area contributed by atoms with E-state index in [-0.39, 0.29) is 23.1 Å². The minimum Gasteiger partial charge on any atom is -0.503 e. The van der Waals surface area contributed by atoms with Gasteiger partial charge in [0.05, 0.1) is 17.8 Å². The maximum absolute atomic E-state index is 11.8. The quantitative estimate of drug-likeness (QED) is 0.545. The number of amides is 1. The van der Waals surface area contributed by atoms with Gasteiger partial charge in [-0.25, -0.2) is 5.43 Å². The fourth-order valence-electron chi connectivity index (χ4n) is 2.12. The third-order valence-corrected chi connectivity index (χ3v) is 3.74. The van der Waals surface area contributed by atoms with Crippen molar-refractivity contribution in [2.45, 2.75) is 20.3 Å². The highest BCUT2D eigenvalue weighted by Gasteiger charge is 2.08. The van der Waals surface area contributed by atoms with Crippen LogP contribution in [0.1, 0.15) is 25.0 Å². The molecule has 2 N–H and O–H groups in total. The van der Waals surface area contributed by atoms with Crippen LogP contribution in [0, 0.1) is 0 Å². The van der Waals surface area contributed by atoms with Crippen molar-refractivity contribution in [3.05, 3.63) is 52.5 Å². The molecule has 0 aromatic heterocycles. The summed E-state index contributed by atoms with van der Waals surface area (Å²) >= 11 is 5.94. The molecule has 0 heterocycles. The molecule has 0 aliphatic heterocycles. The van der Waals surface area contributed by atoms with Gasteiger partial charge in [0, 0.05) is 0 Å². The van der Waals surface area contributed by atoms with Crippen LogP contribution in [0.5, 0.6) is 17.2 Å². The number of hydrogen-bond donors (Lipinski definition) is 2. The molecule has 0 aliphatic carbocycles. The zero-order chi connectivity index (χ0) is 18.9. The van der Waals surface area contributed by atoms with Crippen LogP contribution in [-0.4, -0.2) is 30.4 Å². The zero-order valence-corrected chi connectivity index (χ0v) is 15.4. The maximum atomic E-state index is 11.8. The Kier molecular flexibility index (Phi) is 7.29. The molecular weight excluding hydrogens is 356 g/mol. The van der Waals surface area contributed by atoms with Gasteiger partial charge in [-0.15, -0.1) is 0 Å². The van der Waals surface area contributed by atoms with Gasteiger partial charge in [-0.2, -0.15) is 5.10 Å². The Labute approximate surface area is 157 Å². The van der Waals surface area contributed by atoms with E-state index >= 15 is 0 Å². The van der Waals surface area contributed by atoms with Crippen molar-refractivity contribution < 1.29 is 19.4 Å². The van der Waals surface area contributed by atoms with Crippen molar-refractivity contribution in [2.75, 3.05) is 13.2 Å². The molecule has 0 saturated heterocycles. The van der Waals surface area contributed by atoms with E-state index in [9.17, 15) is 9.90 Å². The number of aryl methyl sites for hydroxylation is 1. The molecule has 1 amide bonds. The fraction of sp³-hybridized carbons (Fsp3) is 0.263. The molecule has 138 valence electrons. The molecule has 0 fully saturated rings. The van der Waals surface area contributed by atoms with E-state index in [1.807, 2.05) is 24.3 Å². The summed E-state index contributed by atoms with van der Waals surface area (Å²) < 4.78 is 10.7. The molecule has 0 saturated carbocycles. The monoisotopic (exact) mass is 376 g/mol. The van der Waals surface area contributed by atoms with Crippen LogP contribution < -0.4 is 14.9 Å². The molecule has 2 aromatic rings. The Bertz CT molecular complexity index is 776. The van der Waals surface area contributed by atoms with Gasteiger partial charge in [-0.05, 0) is 48.7 Å². The summed E-state index contributed by atoms with van der Waals surface area (Å²) in [5.74, 6) is 0.354. The number of aromatic hydroxyl groups is 1. The van der Waals surface area contributed by atoms with Crippen molar-refractivity contribution in [2.24, 2.45) is 5.10 Å². The highest BCUT2D eigenvalue weighted by Crippen LogP contribution is 2.34. The van der Waals surface area contributed by atoms with Gasteiger partial charge in [-0.3, -0.25) is 4.79 Å². The van der Waals surface area contributed by atoms with Gasteiger partial charge in [-0.1, -0.05) is 30.7 Å². The van der Waals surface area contributed by atoms with Crippen molar-refractivity contribution in [3.63, 3.8) is 0 Å². The topological polar surface area (TPSA) is 80.2 Å². The molecule has 0 atom stereocenters. The second-order valence-electron chi connectivity index (χ2n) is 5.36. The first-order valence-electron chi connectivity index (χ1n) is 8.22. The Hall–Kier alpha value is -2.73. The summed E-state index contributed by atoms with van der Waals surface area (Å²) in [6, 6.07) is 10.6. The number of phenols is 1. The number of rotatable bonds is 8. The first-order chi connectivity index (χ1) is 12.5. The predicted molar refractivity (Wildman–Crippen MR) is 101 cm³/mol. The average Bonchev–Trinajstić information content (AvgIpc) is 2.64. The lowest BCUT2D eigenvalue weighted by Crippen LogP contribution is -2.24. The van der Waals surface area contributed by atoms with Crippen LogP contribution in [0.3, 0.4) is 0 Å². The van der Waals surface area contributed by atoms with Crippen molar-refractivity contribution in [1.82, 2.24) is 5.43 Å². The number of hydrogen-bond acceptors (Lipinski definition) is 5. The van der Waals surface area contributed by atoms with E-state index in [1.165, 1.54) is 17.8 Å². The first-order valence-corrected chi connectivity index (χ1v) is 8.60. The molecule has 2 aromatic carbocycles. The van der Waals surface area contributed by atoms with E-state index in [0.29, 0.717) is 17.9 Å². The molecule has 0 spiro atoms. The predicted octanol–water partition coefficient (Wildman–Crippen LogP) is 3.54. The maximum Gasteiger partial charge on any atom is 0.277 e. The number of benzene rings is 2. The molecule has 0 aliphatic rings. The van der Waals surface area contributed by atoms with Crippen molar-refractivity contribution >= 4 is 23.7 Å². The summed E-state index contributed by atoms with van der Waals surface area (Å²) in [4.78, 5) is 11.8. The highest BCUT2D eigenvalue weighted by atomic mass is 35.5. The molecule has 0 bridgehead atoms. The summed E-state index contributed by atoms with van der Waals surface area (Å²) in [6.07, 6.45) is 2.35. The third kappa shape index (κ3) is 5.67. The second kappa shape index (κ2) is 9.68. The van der Waals surface area contributed by atoms with Crippen LogP contribution in [-0.2, 0) is 11.2 Å². The van der Waals surface area contributed by atoms with E-state index in [1.54, 1.807) is 13.0 Å². The Morgan fingerprint density at radius 3 is 2.62 bits per heavy atom. The number of phenolic OH excluding ortho intramolecular Hbond substituents is 1. The number of hydrazone groups is 1. The molecule has 2 rings (SSSR count). The zero-order valence-electron chi connectivity index (χ0n) is 14.7. The third-order valence-electron chi connectivity index (χ3n) is 3.46. The first kappa shape index (κ1) is 19.6. The molecule has 6 nitrogen and oxygen atoms in total. The number of halogens is 1. The number of ether oxygens (including phenoxy) is 2. The van der Waals surface area contributed by atoms with E-state index < -0.39 is 5.91 Å². The van der Waals surface area contributed by atoms with Crippen LogP contribution in [0.25, 0.3) is 0 Å². The van der Waals surface area contributed by atoms with Gasteiger partial charge in [0.2, 0.25) is 0 Å². The summed E-state index contributed by atoms with van der Waals surface area (Å²) in [5, 5.41) is 13.8. The lowest BCUT2D eigenvalue weighted by molar-refractivity contribution is -0.123. The largest absolute Gasteiger partial charge is 0.503 e. The lowest BCUT2D eigenvalue weighted by Gasteiger charge is -2.08. The van der Waals surface area contributed by atoms with Gasteiger partial charge in [0.1, 0.15) is 5.75 Å². The molecular formula is C19H21ClN2O4. The standard InChI is InChI=1S/C19H21ClN2O4/c1-3-13-5-7-15(8-6-13)26-12-18(23)22-21-11-14-9-16(20)19(24)17(10-14)25-4-2/h5-11,24H,3-4,12H2,1-2H3,(H,22,23)/b21-11+. The second-order valence-corrected chi connectivity index (χ2v) is 5.77. The van der Waals surface area contributed by atoms with Gasteiger partial charge in [0.25, 0.3) is 5.91 Å². The van der Waals surface area contributed by atoms with Crippen LogP contribution in [0.15, 0.2) is 41.5 Å². The molecule has 26 heavy (non-hydrogen) atoms. The van der Waals surface area contributed by atoms with Crippen LogP contribution >= 0.6 is 11.6 Å². The van der Waals surface area contributed by atoms with E-state index in [0.717, 1.165) is 6.42 Å². The smallest absolute Gasteiger partial charge is 0.277 e. The molecule has 0 radical (unpaired) electrons. The Balaban J connectivity index is 1.88. The van der Waals surface area contributed by atoms with Gasteiger partial charge >= 0.3 is 0 Å². The van der Waals surface area contributed by atoms with Gasteiger partial charge < -0.3 is 14.6 Å². The Morgan fingerprint density at radius 2 is 1.96 bits per heavy atom. The highest BCUT2D eigenvalue weighted by molar-refractivity contribution is 6.32.